The summed E-state index contributed by atoms with van der Waals surface area (Å²) < 4.78 is 5.71. The fourth-order valence-corrected chi connectivity index (χ4v) is 2.38. The van der Waals surface area contributed by atoms with Gasteiger partial charge in [0.15, 0.2) is 0 Å². The second kappa shape index (κ2) is 6.65. The minimum atomic E-state index is 0.435. The van der Waals surface area contributed by atoms with Crippen LogP contribution in [0.25, 0.3) is 0 Å². The summed E-state index contributed by atoms with van der Waals surface area (Å²) in [5, 5.41) is 4.81. The molecule has 1 aliphatic rings. The molecule has 1 aliphatic carbocycles. The first-order valence-corrected chi connectivity index (χ1v) is 7.71. The second-order valence-electron chi connectivity index (χ2n) is 5.19. The minimum absolute atomic E-state index is 0.435. The van der Waals surface area contributed by atoms with Gasteiger partial charge in [-0.15, -0.1) is 0 Å². The molecule has 1 saturated carbocycles. The summed E-state index contributed by atoms with van der Waals surface area (Å²) in [5.41, 5.74) is 2.02. The molecule has 0 unspecified atom stereocenters. The van der Waals surface area contributed by atoms with Crippen LogP contribution in [-0.2, 0) is 13.2 Å². The maximum absolute atomic E-state index is 6.16. The number of hydrogen-bond donors (Lipinski definition) is 1. The Hall–Kier alpha value is -1.29. The van der Waals surface area contributed by atoms with Gasteiger partial charge in [-0.05, 0) is 36.1 Å². The molecular formula is C16H16Cl2N2O. The third kappa shape index (κ3) is 4.34. The molecule has 0 aliphatic heterocycles. The van der Waals surface area contributed by atoms with Gasteiger partial charge in [-0.25, -0.2) is 4.98 Å². The highest BCUT2D eigenvalue weighted by Crippen LogP contribution is 2.23. The first kappa shape index (κ1) is 14.6. The molecule has 110 valence electrons. The molecular weight excluding hydrogens is 307 g/mol. The zero-order valence-corrected chi connectivity index (χ0v) is 13.0. The van der Waals surface area contributed by atoms with Gasteiger partial charge in [-0.1, -0.05) is 35.3 Å². The van der Waals surface area contributed by atoms with Gasteiger partial charge in [0, 0.05) is 29.9 Å². The summed E-state index contributed by atoms with van der Waals surface area (Å²) >= 11 is 12.1. The van der Waals surface area contributed by atoms with E-state index < -0.39 is 0 Å². The van der Waals surface area contributed by atoms with Gasteiger partial charge in [0.2, 0.25) is 5.88 Å². The molecule has 21 heavy (non-hydrogen) atoms. The predicted octanol–water partition coefficient (Wildman–Crippen LogP) is 4.22. The molecule has 0 amide bonds. The quantitative estimate of drug-likeness (QED) is 0.864. The van der Waals surface area contributed by atoms with Crippen molar-refractivity contribution in [1.82, 2.24) is 10.3 Å². The number of benzene rings is 1. The lowest BCUT2D eigenvalue weighted by Gasteiger charge is -2.09. The zero-order valence-electron chi connectivity index (χ0n) is 11.5. The monoisotopic (exact) mass is 322 g/mol. The zero-order chi connectivity index (χ0) is 14.7. The van der Waals surface area contributed by atoms with Crippen molar-refractivity contribution in [1.29, 1.82) is 0 Å². The third-order valence-electron chi connectivity index (χ3n) is 3.34. The van der Waals surface area contributed by atoms with Gasteiger partial charge in [-0.2, -0.15) is 0 Å². The molecule has 5 heteroatoms. The maximum atomic E-state index is 6.16. The highest BCUT2D eigenvalue weighted by Gasteiger charge is 2.20. The number of nitrogens with one attached hydrogen (secondary N) is 1. The Morgan fingerprint density at radius 2 is 2.10 bits per heavy atom. The fourth-order valence-electron chi connectivity index (χ4n) is 2.00. The smallest absolute Gasteiger partial charge is 0.213 e. The summed E-state index contributed by atoms with van der Waals surface area (Å²) in [6, 6.07) is 10.1. The van der Waals surface area contributed by atoms with Crippen molar-refractivity contribution in [2.75, 3.05) is 0 Å². The van der Waals surface area contributed by atoms with E-state index in [-0.39, 0.29) is 0 Å². The highest BCUT2D eigenvalue weighted by atomic mass is 35.5. The molecule has 1 fully saturated rings. The van der Waals surface area contributed by atoms with Crippen LogP contribution < -0.4 is 10.1 Å². The van der Waals surface area contributed by atoms with Crippen LogP contribution in [-0.4, -0.2) is 11.0 Å². The van der Waals surface area contributed by atoms with Gasteiger partial charge in [0.1, 0.15) is 6.61 Å². The predicted molar refractivity (Wildman–Crippen MR) is 84.9 cm³/mol. The topological polar surface area (TPSA) is 34.1 Å². The Kier molecular flexibility index (Phi) is 4.63. The van der Waals surface area contributed by atoms with Crippen molar-refractivity contribution in [3.05, 3.63) is 57.7 Å². The lowest BCUT2D eigenvalue weighted by molar-refractivity contribution is 0.293. The number of halogens is 2. The lowest BCUT2D eigenvalue weighted by Crippen LogP contribution is -2.15. The van der Waals surface area contributed by atoms with E-state index in [0.717, 1.165) is 17.7 Å². The standard InChI is InChI=1S/C16H16Cl2N2O/c17-13-3-1-2-11(6-13)10-21-16-7-12(15(18)9-20-16)8-19-14-4-5-14/h1-3,6-7,9,14,19H,4-5,8,10H2. The Balaban J connectivity index is 1.63. The normalized spacial score (nSPS) is 14.2. The molecule has 1 aromatic heterocycles. The van der Waals surface area contributed by atoms with Crippen molar-refractivity contribution in [3.8, 4) is 5.88 Å². The number of hydrogen-bond acceptors (Lipinski definition) is 3. The van der Waals surface area contributed by atoms with E-state index in [1.807, 2.05) is 30.3 Å². The molecule has 3 rings (SSSR count). The van der Waals surface area contributed by atoms with E-state index >= 15 is 0 Å². The van der Waals surface area contributed by atoms with Gasteiger partial charge in [-0.3, -0.25) is 0 Å². The van der Waals surface area contributed by atoms with Crippen molar-refractivity contribution in [2.24, 2.45) is 0 Å². The van der Waals surface area contributed by atoms with Crippen LogP contribution in [0.1, 0.15) is 24.0 Å². The number of nitrogens with zero attached hydrogens (tertiary/aromatic N) is 1. The molecule has 3 nitrogen and oxygen atoms in total. The van der Waals surface area contributed by atoms with E-state index in [2.05, 4.69) is 10.3 Å². The van der Waals surface area contributed by atoms with Gasteiger partial charge < -0.3 is 10.1 Å². The van der Waals surface area contributed by atoms with Gasteiger partial charge in [0.25, 0.3) is 0 Å². The van der Waals surface area contributed by atoms with Crippen LogP contribution in [0.2, 0.25) is 10.0 Å². The molecule has 0 atom stereocenters. The Morgan fingerprint density at radius 3 is 2.86 bits per heavy atom. The average molecular weight is 323 g/mol. The maximum Gasteiger partial charge on any atom is 0.213 e. The average Bonchev–Trinajstić information content (AvgIpc) is 3.29. The summed E-state index contributed by atoms with van der Waals surface area (Å²) in [6.45, 7) is 1.18. The highest BCUT2D eigenvalue weighted by molar-refractivity contribution is 6.31. The Morgan fingerprint density at radius 1 is 1.24 bits per heavy atom. The summed E-state index contributed by atoms with van der Waals surface area (Å²) in [6.07, 6.45) is 4.14. The first-order valence-electron chi connectivity index (χ1n) is 6.96. The van der Waals surface area contributed by atoms with E-state index in [0.29, 0.717) is 28.6 Å². The van der Waals surface area contributed by atoms with E-state index in [1.54, 1.807) is 6.20 Å². The summed E-state index contributed by atoms with van der Waals surface area (Å²) in [4.78, 5) is 4.20. The lowest BCUT2D eigenvalue weighted by atomic mass is 10.2. The number of ether oxygens (including phenoxy) is 1. The van der Waals surface area contributed by atoms with Gasteiger partial charge >= 0.3 is 0 Å². The molecule has 1 N–H and O–H groups in total. The van der Waals surface area contributed by atoms with Crippen LogP contribution in [0.4, 0.5) is 0 Å². The largest absolute Gasteiger partial charge is 0.473 e. The number of rotatable bonds is 6. The van der Waals surface area contributed by atoms with Crippen molar-refractivity contribution in [3.63, 3.8) is 0 Å². The van der Waals surface area contributed by atoms with Crippen molar-refractivity contribution in [2.45, 2.75) is 32.0 Å². The molecule has 2 aromatic rings. The van der Waals surface area contributed by atoms with E-state index in [4.69, 9.17) is 27.9 Å². The fraction of sp³-hybridized carbons (Fsp3) is 0.312. The Bertz CT molecular complexity index is 629. The first-order chi connectivity index (χ1) is 10.2. The molecule has 0 bridgehead atoms. The number of pyridine rings is 1. The minimum Gasteiger partial charge on any atom is -0.473 e. The molecule has 1 heterocycles. The molecule has 0 saturated heterocycles. The van der Waals surface area contributed by atoms with Crippen LogP contribution in [0.3, 0.4) is 0 Å². The summed E-state index contributed by atoms with van der Waals surface area (Å²) in [5.74, 6) is 0.576. The van der Waals surface area contributed by atoms with Crippen LogP contribution >= 0.6 is 23.2 Å². The van der Waals surface area contributed by atoms with Crippen LogP contribution in [0.5, 0.6) is 5.88 Å². The van der Waals surface area contributed by atoms with Crippen LogP contribution in [0.15, 0.2) is 36.5 Å². The van der Waals surface area contributed by atoms with Gasteiger partial charge in [0.05, 0.1) is 5.02 Å². The van der Waals surface area contributed by atoms with Crippen molar-refractivity contribution < 1.29 is 4.74 Å². The van der Waals surface area contributed by atoms with E-state index in [9.17, 15) is 0 Å². The molecule has 1 aromatic carbocycles. The molecule has 0 spiro atoms. The van der Waals surface area contributed by atoms with E-state index in [1.165, 1.54) is 12.8 Å². The Labute approximate surface area is 134 Å². The second-order valence-corrected chi connectivity index (χ2v) is 6.03. The van der Waals surface area contributed by atoms with Crippen LogP contribution in [0, 0.1) is 0 Å². The van der Waals surface area contributed by atoms with Crippen molar-refractivity contribution >= 4 is 23.2 Å². The summed E-state index contributed by atoms with van der Waals surface area (Å²) in [7, 11) is 0. The number of aromatic nitrogens is 1. The third-order valence-corrected chi connectivity index (χ3v) is 3.92. The molecule has 0 radical (unpaired) electrons. The SMILES string of the molecule is Clc1cccc(COc2cc(CNC3CC3)c(Cl)cn2)c1.